The van der Waals surface area contributed by atoms with Gasteiger partial charge in [-0.25, -0.2) is 14.4 Å². The number of piperazine rings is 1. The molecule has 0 saturated carbocycles. The van der Waals surface area contributed by atoms with Gasteiger partial charge in [0, 0.05) is 75.9 Å². The molecule has 5 heterocycles. The van der Waals surface area contributed by atoms with Crippen LogP contribution in [0.25, 0.3) is 0 Å². The number of pyridine rings is 2. The van der Waals surface area contributed by atoms with Crippen molar-refractivity contribution in [2.75, 3.05) is 65.4 Å². The Morgan fingerprint density at radius 3 is 2.20 bits per heavy atom. The van der Waals surface area contributed by atoms with Gasteiger partial charge >= 0.3 is 6.18 Å². The molecular formula is C25H32F4N6. The Labute approximate surface area is 203 Å². The number of aromatic nitrogens is 2. The van der Waals surface area contributed by atoms with Gasteiger partial charge in [-0.2, -0.15) is 13.2 Å². The highest BCUT2D eigenvalue weighted by Gasteiger charge is 2.36. The minimum Gasteiger partial charge on any atom is -0.371 e. The van der Waals surface area contributed by atoms with E-state index in [0.717, 1.165) is 42.8 Å². The highest BCUT2D eigenvalue weighted by Crippen LogP contribution is 2.36. The maximum atomic E-state index is 13.8. The van der Waals surface area contributed by atoms with Crippen molar-refractivity contribution in [3.8, 4) is 0 Å². The molecule has 190 valence electrons. The highest BCUT2D eigenvalue weighted by molar-refractivity contribution is 5.64. The maximum absolute atomic E-state index is 13.8. The van der Waals surface area contributed by atoms with Crippen LogP contribution in [0.4, 0.5) is 40.7 Å². The number of piperidine rings is 1. The number of anilines is 4. The van der Waals surface area contributed by atoms with Crippen molar-refractivity contribution in [2.45, 2.75) is 51.0 Å². The average Bonchev–Trinajstić information content (AvgIpc) is 3.30. The van der Waals surface area contributed by atoms with E-state index in [1.165, 1.54) is 12.3 Å². The second-order valence-corrected chi connectivity index (χ2v) is 9.73. The van der Waals surface area contributed by atoms with Crippen LogP contribution in [-0.4, -0.2) is 68.0 Å². The van der Waals surface area contributed by atoms with Crippen LogP contribution in [0.15, 0.2) is 30.5 Å². The fourth-order valence-electron chi connectivity index (χ4n) is 5.38. The van der Waals surface area contributed by atoms with Gasteiger partial charge in [-0.3, -0.25) is 0 Å². The lowest BCUT2D eigenvalue weighted by Gasteiger charge is -2.38. The number of hydrogen-bond acceptors (Lipinski definition) is 6. The lowest BCUT2D eigenvalue weighted by Crippen LogP contribution is -2.47. The van der Waals surface area contributed by atoms with Crippen molar-refractivity contribution in [1.29, 1.82) is 0 Å². The van der Waals surface area contributed by atoms with E-state index in [1.54, 1.807) is 4.90 Å². The first-order valence-electron chi connectivity index (χ1n) is 12.5. The normalized spacial score (nSPS) is 22.3. The third-order valence-electron chi connectivity index (χ3n) is 7.42. The van der Waals surface area contributed by atoms with E-state index in [4.69, 9.17) is 4.98 Å². The minimum atomic E-state index is -4.44. The summed E-state index contributed by atoms with van der Waals surface area (Å²) in [4.78, 5) is 17.4. The van der Waals surface area contributed by atoms with Crippen molar-refractivity contribution < 1.29 is 17.6 Å². The molecule has 6 nitrogen and oxygen atoms in total. The van der Waals surface area contributed by atoms with E-state index in [9.17, 15) is 17.6 Å². The summed E-state index contributed by atoms with van der Waals surface area (Å²) in [7, 11) is 0. The molecule has 0 aliphatic carbocycles. The molecule has 0 radical (unpaired) electrons. The molecule has 35 heavy (non-hydrogen) atoms. The zero-order valence-corrected chi connectivity index (χ0v) is 20.0. The Morgan fingerprint density at radius 1 is 0.857 bits per heavy atom. The predicted octanol–water partition coefficient (Wildman–Crippen LogP) is 4.75. The SMILES string of the molecule is C[C@@H]1CCCN1c1cc(N2CCC(F)CC2)cc(N2CCN(c3ncccc3C(F)(F)F)CC2)n1. The van der Waals surface area contributed by atoms with Crippen LogP contribution >= 0.6 is 0 Å². The zero-order chi connectivity index (χ0) is 24.6. The second-order valence-electron chi connectivity index (χ2n) is 9.73. The molecule has 2 aromatic heterocycles. The van der Waals surface area contributed by atoms with Gasteiger partial charge in [-0.05, 0) is 44.7 Å². The largest absolute Gasteiger partial charge is 0.419 e. The second kappa shape index (κ2) is 9.70. The summed E-state index contributed by atoms with van der Waals surface area (Å²) in [6, 6.07) is 6.99. The van der Waals surface area contributed by atoms with Gasteiger partial charge in [0.15, 0.2) is 0 Å². The van der Waals surface area contributed by atoms with E-state index in [2.05, 4.69) is 38.7 Å². The van der Waals surface area contributed by atoms with Gasteiger partial charge in [0.25, 0.3) is 0 Å². The lowest BCUT2D eigenvalue weighted by molar-refractivity contribution is -0.137. The number of nitrogens with zero attached hydrogens (tertiary/aromatic N) is 6. The van der Waals surface area contributed by atoms with Crippen LogP contribution < -0.4 is 19.6 Å². The molecule has 0 unspecified atom stereocenters. The van der Waals surface area contributed by atoms with Crippen molar-refractivity contribution in [3.05, 3.63) is 36.0 Å². The summed E-state index contributed by atoms with van der Waals surface area (Å²) in [6.45, 7) is 6.46. The molecule has 3 aliphatic rings. The van der Waals surface area contributed by atoms with E-state index >= 15 is 0 Å². The van der Waals surface area contributed by atoms with Crippen LogP contribution in [0.5, 0.6) is 0 Å². The van der Waals surface area contributed by atoms with Gasteiger partial charge in [-0.1, -0.05) is 0 Å². The fourth-order valence-corrected chi connectivity index (χ4v) is 5.38. The van der Waals surface area contributed by atoms with Gasteiger partial charge in [-0.15, -0.1) is 0 Å². The van der Waals surface area contributed by atoms with Crippen molar-refractivity contribution in [2.24, 2.45) is 0 Å². The molecule has 0 aromatic carbocycles. The van der Waals surface area contributed by atoms with Gasteiger partial charge in [0.05, 0.1) is 5.56 Å². The van der Waals surface area contributed by atoms with Crippen molar-refractivity contribution >= 4 is 23.1 Å². The number of rotatable bonds is 4. The first-order chi connectivity index (χ1) is 16.8. The maximum Gasteiger partial charge on any atom is 0.419 e. The molecule has 2 aromatic rings. The standard InChI is InChI=1S/C25H32F4N6/c1-18-4-3-9-35(18)23-17-20(32-10-6-19(26)7-11-32)16-22(31-23)33-12-14-34(15-13-33)24-21(25(27,28)29)5-2-8-30-24/h2,5,8,16-19H,3-4,6-7,9-15H2,1H3/t18-/m1/s1. The summed E-state index contributed by atoms with van der Waals surface area (Å²) in [6.07, 6.45) is -0.475. The predicted molar refractivity (Wildman–Crippen MR) is 130 cm³/mol. The lowest BCUT2D eigenvalue weighted by atomic mass is 10.1. The molecule has 1 atom stereocenters. The molecule has 3 fully saturated rings. The molecule has 10 heteroatoms. The zero-order valence-electron chi connectivity index (χ0n) is 20.0. The van der Waals surface area contributed by atoms with Gasteiger partial charge in [0.2, 0.25) is 0 Å². The van der Waals surface area contributed by atoms with E-state index in [1.807, 2.05) is 0 Å². The van der Waals surface area contributed by atoms with Crippen LogP contribution in [-0.2, 0) is 6.18 Å². The topological polar surface area (TPSA) is 38.7 Å². The third kappa shape index (κ3) is 5.11. The molecule has 0 amide bonds. The Kier molecular flexibility index (Phi) is 6.63. The molecule has 3 saturated heterocycles. The molecule has 5 rings (SSSR count). The summed E-state index contributed by atoms with van der Waals surface area (Å²) in [5.41, 5.74) is 0.345. The highest BCUT2D eigenvalue weighted by atomic mass is 19.4. The van der Waals surface area contributed by atoms with Crippen LogP contribution in [0.2, 0.25) is 0 Å². The number of alkyl halides is 4. The van der Waals surface area contributed by atoms with Crippen LogP contribution in [0.3, 0.4) is 0 Å². The molecule has 0 N–H and O–H groups in total. The van der Waals surface area contributed by atoms with Gasteiger partial charge in [0.1, 0.15) is 23.6 Å². The molecule has 0 spiro atoms. The Hall–Kier alpha value is -2.78. The Bertz CT molecular complexity index is 1020. The van der Waals surface area contributed by atoms with Gasteiger partial charge < -0.3 is 19.6 Å². The van der Waals surface area contributed by atoms with E-state index in [-0.39, 0.29) is 5.82 Å². The molecular weight excluding hydrogens is 460 g/mol. The molecule has 0 bridgehead atoms. The summed E-state index contributed by atoms with van der Waals surface area (Å²) in [5.74, 6) is 1.74. The van der Waals surface area contributed by atoms with Crippen molar-refractivity contribution in [1.82, 2.24) is 9.97 Å². The fraction of sp³-hybridized carbons (Fsp3) is 0.600. The Morgan fingerprint density at radius 2 is 1.54 bits per heavy atom. The van der Waals surface area contributed by atoms with Crippen LogP contribution in [0, 0.1) is 0 Å². The van der Waals surface area contributed by atoms with Crippen LogP contribution in [0.1, 0.15) is 38.2 Å². The van der Waals surface area contributed by atoms with E-state index < -0.39 is 17.9 Å². The summed E-state index contributed by atoms with van der Waals surface area (Å²) in [5, 5.41) is 0. The third-order valence-corrected chi connectivity index (χ3v) is 7.42. The average molecular weight is 493 g/mol. The van der Waals surface area contributed by atoms with E-state index in [0.29, 0.717) is 58.2 Å². The summed E-state index contributed by atoms with van der Waals surface area (Å²) < 4.78 is 54.2. The Balaban J connectivity index is 1.38. The van der Waals surface area contributed by atoms with Crippen molar-refractivity contribution in [3.63, 3.8) is 0 Å². The smallest absolute Gasteiger partial charge is 0.371 e. The minimum absolute atomic E-state index is 0.0120. The first kappa shape index (κ1) is 23.9. The first-order valence-corrected chi connectivity index (χ1v) is 12.5. The summed E-state index contributed by atoms with van der Waals surface area (Å²) >= 11 is 0. The monoisotopic (exact) mass is 492 g/mol. The number of halogens is 4. The molecule has 3 aliphatic heterocycles. The quantitative estimate of drug-likeness (QED) is 0.574. The number of hydrogen-bond donors (Lipinski definition) is 0.